The highest BCUT2D eigenvalue weighted by molar-refractivity contribution is 7.89. The van der Waals surface area contributed by atoms with Crippen molar-refractivity contribution in [3.05, 3.63) is 59.2 Å². The summed E-state index contributed by atoms with van der Waals surface area (Å²) in [7, 11) is -4.15. The van der Waals surface area contributed by atoms with Gasteiger partial charge in [0.1, 0.15) is 17.4 Å². The topological polar surface area (TPSA) is 140 Å². The molecule has 1 saturated carbocycles. The van der Waals surface area contributed by atoms with Gasteiger partial charge in [-0.1, -0.05) is 51.7 Å². The number of sulfonamides is 1. The Bertz CT molecular complexity index is 1830. The van der Waals surface area contributed by atoms with E-state index in [2.05, 4.69) is 24.1 Å². The number of ether oxygens (including phenoxy) is 3. The van der Waals surface area contributed by atoms with Crippen molar-refractivity contribution >= 4 is 27.1 Å². The maximum Gasteiger partial charge on any atom is 0.306 e. The number of halogens is 1. The van der Waals surface area contributed by atoms with E-state index < -0.39 is 28.0 Å². The standard InChI is InChI=1S/C41H56FN3O8S/c1-26(2)17-38-44-33-19-29-23-43-14-7-5-3-4-6-8-15-45(54(48,49)37(29)22-36(33)52-38)24-34(46)28(18-27-9-11-31(42)12-10-27)21-39(47)53-35-20-30-25-51-41-40(30)32(35)13-16-50-41/h9-12,19,22,26,28,30,32,34-35,40-41,43,46H,3-8,13-18,20-21,23-25H2,1-2H3/t28-,30-,32-,34-,35-,40+,41+/m1/s1. The largest absolute Gasteiger partial charge is 0.462 e. The Kier molecular flexibility index (Phi) is 12.7. The summed E-state index contributed by atoms with van der Waals surface area (Å²) in [5, 5.41) is 15.4. The van der Waals surface area contributed by atoms with Gasteiger partial charge < -0.3 is 29.1 Å². The van der Waals surface area contributed by atoms with Crippen molar-refractivity contribution in [1.82, 2.24) is 14.6 Å². The first-order valence-corrected chi connectivity index (χ1v) is 21.5. The van der Waals surface area contributed by atoms with Crippen LogP contribution in [0.3, 0.4) is 0 Å². The molecule has 1 aromatic heterocycles. The molecule has 2 saturated heterocycles. The van der Waals surface area contributed by atoms with Crippen LogP contribution in [0.4, 0.5) is 4.39 Å². The summed E-state index contributed by atoms with van der Waals surface area (Å²) in [4.78, 5) is 18.5. The fourth-order valence-corrected chi connectivity index (χ4v) is 10.7. The molecule has 3 aliphatic heterocycles. The molecule has 7 rings (SSSR count). The second-order valence-electron chi connectivity index (χ2n) is 16.3. The van der Waals surface area contributed by atoms with Gasteiger partial charge >= 0.3 is 5.97 Å². The number of hydrogen-bond acceptors (Lipinski definition) is 10. The first-order valence-electron chi connectivity index (χ1n) is 20.0. The average molecular weight is 770 g/mol. The fraction of sp³-hybridized carbons (Fsp3) is 0.659. The van der Waals surface area contributed by atoms with Crippen LogP contribution in [0, 0.1) is 35.4 Å². The van der Waals surface area contributed by atoms with Crippen LogP contribution < -0.4 is 5.32 Å². The van der Waals surface area contributed by atoms with E-state index in [1.54, 1.807) is 24.3 Å². The molecule has 13 heteroatoms. The maximum absolute atomic E-state index is 14.8. The lowest BCUT2D eigenvalue weighted by molar-refractivity contribution is -0.182. The summed E-state index contributed by atoms with van der Waals surface area (Å²) in [6.45, 7) is 6.42. The van der Waals surface area contributed by atoms with Gasteiger partial charge in [0.2, 0.25) is 10.0 Å². The third kappa shape index (κ3) is 9.19. The molecule has 0 spiro atoms. The van der Waals surface area contributed by atoms with Crippen LogP contribution in [0.2, 0.25) is 0 Å². The van der Waals surface area contributed by atoms with Crippen molar-refractivity contribution in [2.24, 2.45) is 29.6 Å². The number of nitrogens with zero attached hydrogens (tertiary/aromatic N) is 2. The number of aromatic nitrogens is 1. The quantitative estimate of drug-likeness (QED) is 0.231. The predicted molar refractivity (Wildman–Crippen MR) is 200 cm³/mol. The van der Waals surface area contributed by atoms with Crippen LogP contribution in [0.1, 0.15) is 88.7 Å². The van der Waals surface area contributed by atoms with Gasteiger partial charge in [0, 0.05) is 49.9 Å². The SMILES string of the molecule is CC(C)Cc1nc2cc3c(cc2o1)S(=O)(=O)N(C[C@@H](O)[C@@H](CC(=O)O[C@@H]1C[C@@H]2CO[C@@H]4OCC[C@H]1[C@H]24)Cc1ccc(F)cc1)CCCCCCCCNC3. The van der Waals surface area contributed by atoms with E-state index in [1.807, 2.05) is 0 Å². The highest BCUT2D eigenvalue weighted by atomic mass is 32.2. The number of esters is 1. The van der Waals surface area contributed by atoms with E-state index in [0.717, 1.165) is 50.6 Å². The Labute approximate surface area is 318 Å². The molecule has 296 valence electrons. The number of rotatable bonds is 10. The minimum absolute atomic E-state index is 0.112. The molecule has 1 aliphatic carbocycles. The zero-order valence-corrected chi connectivity index (χ0v) is 32.4. The molecule has 4 aliphatic rings. The van der Waals surface area contributed by atoms with E-state index in [-0.39, 0.29) is 66.8 Å². The van der Waals surface area contributed by atoms with E-state index in [0.29, 0.717) is 67.5 Å². The second-order valence-corrected chi connectivity index (χ2v) is 18.2. The fourth-order valence-electron chi connectivity index (χ4n) is 8.99. The number of oxazole rings is 1. The highest BCUT2D eigenvalue weighted by Crippen LogP contribution is 2.50. The third-order valence-corrected chi connectivity index (χ3v) is 13.7. The molecule has 0 radical (unpaired) electrons. The number of β-amino-alcohol motifs (C(OH)–C–C–N with tert-alkyl or cyclic N) is 1. The van der Waals surface area contributed by atoms with Crippen LogP contribution in [0.5, 0.6) is 0 Å². The number of benzene rings is 2. The van der Waals surface area contributed by atoms with Crippen LogP contribution in [0.25, 0.3) is 11.1 Å². The van der Waals surface area contributed by atoms with Crippen LogP contribution in [-0.2, 0) is 48.4 Å². The number of carbonyl (C=O) groups excluding carboxylic acids is 1. The smallest absolute Gasteiger partial charge is 0.306 e. The Morgan fingerprint density at radius 1 is 1.07 bits per heavy atom. The Morgan fingerprint density at radius 2 is 1.85 bits per heavy atom. The van der Waals surface area contributed by atoms with E-state index >= 15 is 0 Å². The molecule has 7 atom stereocenters. The summed E-state index contributed by atoms with van der Waals surface area (Å²) in [5.41, 5.74) is 2.35. The molecule has 2 N–H and O–H groups in total. The molecule has 3 aromatic rings. The zero-order chi connectivity index (χ0) is 37.8. The van der Waals surface area contributed by atoms with Crippen molar-refractivity contribution in [3.63, 3.8) is 0 Å². The minimum atomic E-state index is -4.15. The first-order chi connectivity index (χ1) is 26.0. The summed E-state index contributed by atoms with van der Waals surface area (Å²) < 4.78 is 68.7. The average Bonchev–Trinajstić information content (AvgIpc) is 3.84. The normalized spacial score (nSPS) is 27.6. The van der Waals surface area contributed by atoms with Gasteiger partial charge in [0.15, 0.2) is 17.8 Å². The number of nitrogens with one attached hydrogen (secondary N) is 1. The summed E-state index contributed by atoms with van der Waals surface area (Å²) in [6.07, 6.45) is 6.20. The van der Waals surface area contributed by atoms with Gasteiger partial charge in [-0.15, -0.1) is 0 Å². The van der Waals surface area contributed by atoms with E-state index in [9.17, 15) is 22.7 Å². The lowest BCUT2D eigenvalue weighted by atomic mass is 9.86. The van der Waals surface area contributed by atoms with Gasteiger partial charge in [-0.05, 0) is 79.8 Å². The van der Waals surface area contributed by atoms with Crippen molar-refractivity contribution < 1.29 is 41.3 Å². The van der Waals surface area contributed by atoms with E-state index in [1.165, 1.54) is 16.4 Å². The monoisotopic (exact) mass is 769 g/mol. The number of aliphatic hydroxyl groups is 1. The molecule has 11 nitrogen and oxygen atoms in total. The van der Waals surface area contributed by atoms with Gasteiger partial charge in [0.25, 0.3) is 0 Å². The second kappa shape index (κ2) is 17.5. The molecular formula is C41H56FN3O8S. The summed E-state index contributed by atoms with van der Waals surface area (Å²) >= 11 is 0. The van der Waals surface area contributed by atoms with Crippen molar-refractivity contribution in [1.29, 1.82) is 0 Å². The molecular weight excluding hydrogens is 714 g/mol. The summed E-state index contributed by atoms with van der Waals surface area (Å²) in [5.74, 6) is 0.0300. The molecule has 2 aromatic carbocycles. The lowest BCUT2D eigenvalue weighted by Gasteiger charge is -2.33. The molecule has 0 amide bonds. The predicted octanol–water partition coefficient (Wildman–Crippen LogP) is 6.15. The van der Waals surface area contributed by atoms with Crippen molar-refractivity contribution in [3.8, 4) is 0 Å². The number of carbonyl (C=O) groups is 1. The number of fused-ring (bicyclic) bond motifs is 2. The molecule has 3 fully saturated rings. The third-order valence-electron chi connectivity index (χ3n) is 11.8. The summed E-state index contributed by atoms with van der Waals surface area (Å²) in [6, 6.07) is 9.37. The Balaban J connectivity index is 1.15. The maximum atomic E-state index is 14.8. The lowest BCUT2D eigenvalue weighted by Crippen LogP contribution is -2.42. The Hall–Kier alpha value is -2.94. The van der Waals surface area contributed by atoms with Crippen molar-refractivity contribution in [2.45, 2.75) is 114 Å². The van der Waals surface area contributed by atoms with Crippen LogP contribution in [0.15, 0.2) is 45.7 Å². The van der Waals surface area contributed by atoms with Crippen LogP contribution >= 0.6 is 0 Å². The number of aliphatic hydroxyl groups excluding tert-OH is 1. The molecule has 4 heterocycles. The minimum Gasteiger partial charge on any atom is -0.462 e. The highest BCUT2D eigenvalue weighted by Gasteiger charge is 2.55. The number of hydrogen-bond donors (Lipinski definition) is 2. The molecule has 0 unspecified atom stereocenters. The Morgan fingerprint density at radius 3 is 2.65 bits per heavy atom. The first kappa shape index (κ1) is 39.3. The zero-order valence-electron chi connectivity index (χ0n) is 31.6. The molecule has 54 heavy (non-hydrogen) atoms. The van der Waals surface area contributed by atoms with E-state index in [4.69, 9.17) is 18.6 Å². The van der Waals surface area contributed by atoms with Gasteiger partial charge in [-0.3, -0.25) is 4.79 Å². The van der Waals surface area contributed by atoms with Gasteiger partial charge in [-0.2, -0.15) is 4.31 Å². The van der Waals surface area contributed by atoms with Gasteiger partial charge in [0.05, 0.1) is 30.6 Å². The van der Waals surface area contributed by atoms with Crippen molar-refractivity contribution in [2.75, 3.05) is 32.8 Å². The van der Waals surface area contributed by atoms with Crippen LogP contribution in [-0.4, -0.2) is 80.1 Å². The molecule has 0 bridgehead atoms. The van der Waals surface area contributed by atoms with Gasteiger partial charge in [-0.25, -0.2) is 17.8 Å².